The van der Waals surface area contributed by atoms with Crippen molar-refractivity contribution in [2.45, 2.75) is 11.8 Å². The van der Waals surface area contributed by atoms with E-state index in [1.165, 1.54) is 13.2 Å². The molecule has 0 unspecified atom stereocenters. The monoisotopic (exact) mass is 371 g/mol. The van der Waals surface area contributed by atoms with Gasteiger partial charge in [-0.2, -0.15) is 0 Å². The second kappa shape index (κ2) is 5.90. The average molecular weight is 372 g/mol. The van der Waals surface area contributed by atoms with E-state index in [0.717, 1.165) is 5.56 Å². The Morgan fingerprint density at radius 2 is 2.10 bits per heavy atom. The number of ether oxygens (including phenoxy) is 1. The van der Waals surface area contributed by atoms with Gasteiger partial charge in [0.25, 0.3) is 10.0 Å². The number of hydrogen-bond donors (Lipinski definition) is 2. The number of aryl methyl sites for hydroxylation is 1. The molecular weight excluding hydrogens is 358 g/mol. The van der Waals surface area contributed by atoms with Gasteiger partial charge < -0.3 is 10.5 Å². The maximum absolute atomic E-state index is 12.5. The minimum atomic E-state index is -3.84. The number of rotatable bonds is 4. The van der Waals surface area contributed by atoms with Crippen LogP contribution in [0, 0.1) is 6.92 Å². The zero-order valence-corrected chi connectivity index (χ0v) is 13.8. The molecule has 2 aromatic rings. The number of pyridine rings is 1. The minimum Gasteiger partial charge on any atom is -0.495 e. The lowest BCUT2D eigenvalue weighted by Gasteiger charge is -2.14. The quantitative estimate of drug-likeness (QED) is 0.635. The zero-order valence-electron chi connectivity index (χ0n) is 11.4. The molecule has 0 spiro atoms. The van der Waals surface area contributed by atoms with Crippen molar-refractivity contribution in [1.82, 2.24) is 4.98 Å². The van der Waals surface area contributed by atoms with Crippen molar-refractivity contribution in [1.29, 1.82) is 0 Å². The highest BCUT2D eigenvalue weighted by Gasteiger charge is 2.22. The van der Waals surface area contributed by atoms with Crippen LogP contribution < -0.4 is 15.2 Å². The van der Waals surface area contributed by atoms with Crippen molar-refractivity contribution in [3.8, 4) is 5.75 Å². The largest absolute Gasteiger partial charge is 0.495 e. The lowest BCUT2D eigenvalue weighted by molar-refractivity contribution is 0.402. The molecule has 0 saturated heterocycles. The van der Waals surface area contributed by atoms with Crippen LogP contribution in [0.3, 0.4) is 0 Å². The third-order valence-corrected chi connectivity index (χ3v) is 4.86. The van der Waals surface area contributed by atoms with Crippen molar-refractivity contribution in [3.63, 3.8) is 0 Å². The van der Waals surface area contributed by atoms with Crippen LogP contribution in [0.2, 0.25) is 0 Å². The van der Waals surface area contributed by atoms with Crippen LogP contribution in [0.4, 0.5) is 11.4 Å². The van der Waals surface area contributed by atoms with Crippen LogP contribution in [0.5, 0.6) is 5.75 Å². The normalized spacial score (nSPS) is 11.2. The molecule has 1 heterocycles. The molecule has 3 N–H and O–H groups in total. The van der Waals surface area contributed by atoms with Gasteiger partial charge in [0.1, 0.15) is 15.2 Å². The number of anilines is 2. The summed E-state index contributed by atoms with van der Waals surface area (Å²) < 4.78 is 33.0. The van der Waals surface area contributed by atoms with Crippen molar-refractivity contribution in [2.24, 2.45) is 0 Å². The van der Waals surface area contributed by atoms with Gasteiger partial charge in [0, 0.05) is 11.9 Å². The fraction of sp³-hybridized carbons (Fsp3) is 0.154. The van der Waals surface area contributed by atoms with Crippen LogP contribution in [0.25, 0.3) is 0 Å². The molecule has 0 saturated carbocycles. The number of methoxy groups -OCH3 is 1. The summed E-state index contributed by atoms with van der Waals surface area (Å²) >= 11 is 3.19. The molecule has 0 aliphatic heterocycles. The number of sulfonamides is 1. The molecule has 21 heavy (non-hydrogen) atoms. The van der Waals surface area contributed by atoms with E-state index in [1.807, 2.05) is 0 Å². The van der Waals surface area contributed by atoms with E-state index in [2.05, 4.69) is 25.6 Å². The molecule has 1 aromatic heterocycles. The van der Waals surface area contributed by atoms with E-state index in [0.29, 0.717) is 16.0 Å². The molecule has 0 amide bonds. The van der Waals surface area contributed by atoms with E-state index >= 15 is 0 Å². The molecule has 2 rings (SSSR count). The van der Waals surface area contributed by atoms with E-state index in [9.17, 15) is 8.42 Å². The van der Waals surface area contributed by atoms with Crippen LogP contribution in [-0.2, 0) is 10.0 Å². The molecule has 8 heteroatoms. The highest BCUT2D eigenvalue weighted by molar-refractivity contribution is 9.10. The first-order chi connectivity index (χ1) is 9.85. The van der Waals surface area contributed by atoms with E-state index in [-0.39, 0.29) is 10.6 Å². The Labute approximate surface area is 131 Å². The molecule has 0 fully saturated rings. The Kier molecular flexibility index (Phi) is 4.38. The zero-order chi connectivity index (χ0) is 15.6. The Morgan fingerprint density at radius 1 is 1.38 bits per heavy atom. The molecule has 0 aliphatic carbocycles. The summed E-state index contributed by atoms with van der Waals surface area (Å²) in [7, 11) is -2.44. The summed E-state index contributed by atoms with van der Waals surface area (Å²) in [5.74, 6) is 0.231. The predicted octanol–water partition coefficient (Wildman–Crippen LogP) is 2.54. The van der Waals surface area contributed by atoms with Crippen molar-refractivity contribution in [3.05, 3.63) is 40.6 Å². The number of nitrogens with zero attached hydrogens (tertiary/aromatic N) is 1. The van der Waals surface area contributed by atoms with Gasteiger partial charge in [-0.15, -0.1) is 0 Å². The summed E-state index contributed by atoms with van der Waals surface area (Å²) in [4.78, 5) is 3.94. The topological polar surface area (TPSA) is 94.3 Å². The summed E-state index contributed by atoms with van der Waals surface area (Å²) in [5.41, 5.74) is 7.25. The molecule has 0 aliphatic rings. The molecule has 0 atom stereocenters. The van der Waals surface area contributed by atoms with Gasteiger partial charge in [-0.25, -0.2) is 13.4 Å². The standard InChI is InChI=1S/C13H14BrN3O3S/c1-8-6-11(20-2)12(7-9(8)15)21(18,19)17-10-4-3-5-16-13(10)14/h3-7,17H,15H2,1-2H3. The smallest absolute Gasteiger partial charge is 0.265 e. The highest BCUT2D eigenvalue weighted by atomic mass is 79.9. The van der Waals surface area contributed by atoms with Gasteiger partial charge in [0.15, 0.2) is 0 Å². The number of nitrogens with two attached hydrogens (primary N) is 1. The van der Waals surface area contributed by atoms with E-state index in [4.69, 9.17) is 10.5 Å². The van der Waals surface area contributed by atoms with Crippen LogP contribution in [0.1, 0.15) is 5.56 Å². The maximum Gasteiger partial charge on any atom is 0.265 e. The van der Waals surface area contributed by atoms with Crippen LogP contribution in [-0.4, -0.2) is 20.5 Å². The lowest BCUT2D eigenvalue weighted by atomic mass is 10.2. The minimum absolute atomic E-state index is 0.0242. The molecule has 1 aromatic carbocycles. The maximum atomic E-state index is 12.5. The fourth-order valence-corrected chi connectivity index (χ4v) is 3.44. The van der Waals surface area contributed by atoms with Crippen molar-refractivity contribution in [2.75, 3.05) is 17.6 Å². The van der Waals surface area contributed by atoms with Crippen molar-refractivity contribution >= 4 is 37.3 Å². The van der Waals surface area contributed by atoms with Gasteiger partial charge >= 0.3 is 0 Å². The Hall–Kier alpha value is -1.80. The van der Waals surface area contributed by atoms with Gasteiger partial charge in [-0.1, -0.05) is 0 Å². The number of nitrogens with one attached hydrogen (secondary N) is 1. The van der Waals surface area contributed by atoms with Crippen LogP contribution in [0.15, 0.2) is 40.0 Å². The van der Waals surface area contributed by atoms with Gasteiger partial charge in [0.2, 0.25) is 0 Å². The number of benzene rings is 1. The molecule has 6 nitrogen and oxygen atoms in total. The molecule has 112 valence electrons. The summed E-state index contributed by atoms with van der Waals surface area (Å²) in [5, 5.41) is 0. The second-order valence-corrected chi connectivity index (χ2v) is 6.71. The number of hydrogen-bond acceptors (Lipinski definition) is 5. The first-order valence-corrected chi connectivity index (χ1v) is 8.20. The number of halogens is 1. The Bertz CT molecular complexity index is 778. The molecular formula is C13H14BrN3O3S. The third-order valence-electron chi connectivity index (χ3n) is 2.85. The average Bonchev–Trinajstić information content (AvgIpc) is 2.43. The van der Waals surface area contributed by atoms with E-state index < -0.39 is 10.0 Å². The highest BCUT2D eigenvalue weighted by Crippen LogP contribution is 2.31. The SMILES string of the molecule is COc1cc(C)c(N)cc1S(=O)(=O)Nc1cccnc1Br. The van der Waals surface area contributed by atoms with Crippen molar-refractivity contribution < 1.29 is 13.2 Å². The first-order valence-electron chi connectivity index (χ1n) is 5.92. The Morgan fingerprint density at radius 3 is 2.71 bits per heavy atom. The van der Waals surface area contributed by atoms with Gasteiger partial charge in [-0.05, 0) is 52.7 Å². The van der Waals surface area contributed by atoms with Gasteiger partial charge in [0.05, 0.1) is 12.8 Å². The fourth-order valence-electron chi connectivity index (χ4n) is 1.71. The third kappa shape index (κ3) is 3.27. The molecule has 0 radical (unpaired) electrons. The first kappa shape index (κ1) is 15.6. The van der Waals surface area contributed by atoms with Gasteiger partial charge in [-0.3, -0.25) is 4.72 Å². The summed E-state index contributed by atoms with van der Waals surface area (Å²) in [6, 6.07) is 6.19. The lowest BCUT2D eigenvalue weighted by Crippen LogP contribution is -2.15. The summed E-state index contributed by atoms with van der Waals surface area (Å²) in [6.45, 7) is 1.78. The molecule has 0 bridgehead atoms. The number of nitrogen functional groups attached to an aromatic ring is 1. The summed E-state index contributed by atoms with van der Waals surface area (Å²) in [6.07, 6.45) is 1.55. The predicted molar refractivity (Wildman–Crippen MR) is 84.9 cm³/mol. The van der Waals surface area contributed by atoms with E-state index in [1.54, 1.807) is 31.3 Å². The second-order valence-electron chi connectivity index (χ2n) is 4.31. The number of aromatic nitrogens is 1. The van der Waals surface area contributed by atoms with Crippen LogP contribution >= 0.6 is 15.9 Å². The Balaban J connectivity index is 2.50.